The topological polar surface area (TPSA) is 52.9 Å². The minimum Gasteiger partial charge on any atom is -0.333 e. The first kappa shape index (κ1) is 18.3. The molecule has 1 aliphatic carbocycles. The van der Waals surface area contributed by atoms with E-state index < -0.39 is 28.7 Å². The molecule has 1 saturated carbocycles. The maximum Gasteiger partial charge on any atom is 0.417 e. The number of hydrogen-bond acceptors (Lipinski definition) is 2. The fourth-order valence-corrected chi connectivity index (χ4v) is 3.36. The van der Waals surface area contributed by atoms with Crippen molar-refractivity contribution in [2.45, 2.75) is 30.5 Å². The molecule has 1 N–H and O–H groups in total. The number of hydrogen-bond donors (Lipinski definition) is 1. The summed E-state index contributed by atoms with van der Waals surface area (Å²) in [5.41, 5.74) is -1.93. The molecule has 0 bridgehead atoms. The van der Waals surface area contributed by atoms with E-state index >= 15 is 0 Å². The van der Waals surface area contributed by atoms with Crippen molar-refractivity contribution in [3.63, 3.8) is 0 Å². The molecule has 2 aromatic rings. The lowest BCUT2D eigenvalue weighted by Gasteiger charge is -2.45. The molecule has 1 amide bonds. The van der Waals surface area contributed by atoms with E-state index in [4.69, 9.17) is 11.6 Å². The van der Waals surface area contributed by atoms with Crippen LogP contribution in [0.25, 0.3) is 0 Å². The van der Waals surface area contributed by atoms with Crippen molar-refractivity contribution in [1.82, 2.24) is 5.32 Å². The second kappa shape index (κ2) is 6.65. The molecule has 0 radical (unpaired) electrons. The van der Waals surface area contributed by atoms with Crippen LogP contribution in [-0.2, 0) is 6.18 Å². The molecule has 7 heteroatoms. The first-order chi connectivity index (χ1) is 12.3. The average molecular weight is 379 g/mol. The van der Waals surface area contributed by atoms with Crippen LogP contribution < -0.4 is 5.32 Å². The number of benzene rings is 2. The van der Waals surface area contributed by atoms with Gasteiger partial charge in [0.15, 0.2) is 0 Å². The normalized spacial score (nSPS) is 22.2. The second-order valence-corrected chi connectivity index (χ2v) is 6.66. The van der Waals surface area contributed by atoms with Crippen LogP contribution in [0.1, 0.15) is 40.2 Å². The molecule has 134 valence electrons. The van der Waals surface area contributed by atoms with Crippen molar-refractivity contribution in [2.75, 3.05) is 0 Å². The molecule has 26 heavy (non-hydrogen) atoms. The zero-order valence-corrected chi connectivity index (χ0v) is 14.2. The molecule has 0 spiro atoms. The average Bonchev–Trinajstić information content (AvgIpc) is 2.59. The van der Waals surface area contributed by atoms with Gasteiger partial charge in [0, 0.05) is 10.9 Å². The lowest BCUT2D eigenvalue weighted by molar-refractivity contribution is -0.138. The van der Waals surface area contributed by atoms with E-state index in [1.165, 1.54) is 12.1 Å². The van der Waals surface area contributed by atoms with Crippen molar-refractivity contribution in [3.8, 4) is 6.07 Å². The number of nitrogens with one attached hydrogen (secondary N) is 1. The van der Waals surface area contributed by atoms with Gasteiger partial charge in [-0.25, -0.2) is 0 Å². The lowest BCUT2D eigenvalue weighted by Crippen LogP contribution is -2.57. The second-order valence-electron chi connectivity index (χ2n) is 6.22. The Morgan fingerprint density at radius 3 is 2.38 bits per heavy atom. The summed E-state index contributed by atoms with van der Waals surface area (Å²) in [6.45, 7) is 0. The van der Waals surface area contributed by atoms with Crippen LogP contribution in [0.4, 0.5) is 13.2 Å². The Balaban J connectivity index is 1.89. The van der Waals surface area contributed by atoms with Crippen molar-refractivity contribution in [2.24, 2.45) is 0 Å². The molecule has 1 fully saturated rings. The van der Waals surface area contributed by atoms with Crippen molar-refractivity contribution < 1.29 is 18.0 Å². The van der Waals surface area contributed by atoms with E-state index in [-0.39, 0.29) is 5.92 Å². The van der Waals surface area contributed by atoms with E-state index in [1.807, 2.05) is 0 Å². The summed E-state index contributed by atoms with van der Waals surface area (Å²) in [6, 6.07) is 13.5. The predicted molar refractivity (Wildman–Crippen MR) is 90.7 cm³/mol. The van der Waals surface area contributed by atoms with Gasteiger partial charge in [0.05, 0.1) is 17.2 Å². The molecule has 0 heterocycles. The van der Waals surface area contributed by atoms with Crippen LogP contribution in [-0.4, -0.2) is 11.4 Å². The van der Waals surface area contributed by atoms with Crippen LogP contribution in [0.2, 0.25) is 5.02 Å². The fourth-order valence-electron chi connectivity index (χ4n) is 3.23. The van der Waals surface area contributed by atoms with Gasteiger partial charge in [0.2, 0.25) is 0 Å². The molecular weight excluding hydrogens is 365 g/mol. The Bertz CT molecular complexity index is 874. The quantitative estimate of drug-likeness (QED) is 0.823. The largest absolute Gasteiger partial charge is 0.417 e. The summed E-state index contributed by atoms with van der Waals surface area (Å²) in [7, 11) is 0. The Hall–Kier alpha value is -2.52. The number of carbonyl (C=O) groups excluding carboxylic acids is 1. The van der Waals surface area contributed by atoms with Gasteiger partial charge in [-0.15, -0.1) is 0 Å². The van der Waals surface area contributed by atoms with Crippen LogP contribution in [0, 0.1) is 11.3 Å². The highest BCUT2D eigenvalue weighted by Crippen LogP contribution is 2.46. The van der Waals surface area contributed by atoms with Crippen LogP contribution in [0.5, 0.6) is 0 Å². The summed E-state index contributed by atoms with van der Waals surface area (Å²) in [5.74, 6) is -1.20. The molecule has 1 aliphatic rings. The SMILES string of the molecule is N#C[C@@]1(NC(=O)c2ccccc2C(F)(F)F)CC[C@H]1c1ccc(Cl)cc1. The first-order valence-electron chi connectivity index (χ1n) is 7.92. The number of nitriles is 1. The van der Waals surface area contributed by atoms with Gasteiger partial charge in [-0.05, 0) is 42.7 Å². The Labute approximate surface area is 153 Å². The van der Waals surface area contributed by atoms with Gasteiger partial charge in [-0.2, -0.15) is 18.4 Å². The maximum atomic E-state index is 13.1. The summed E-state index contributed by atoms with van der Waals surface area (Å²) in [5, 5.41) is 12.7. The van der Waals surface area contributed by atoms with Crippen molar-refractivity contribution >= 4 is 17.5 Å². The minimum atomic E-state index is -4.65. The van der Waals surface area contributed by atoms with E-state index in [1.54, 1.807) is 24.3 Å². The van der Waals surface area contributed by atoms with Gasteiger partial charge >= 0.3 is 6.18 Å². The predicted octanol–water partition coefficient (Wildman–Crippen LogP) is 4.93. The van der Waals surface area contributed by atoms with E-state index in [0.29, 0.717) is 17.9 Å². The number of halogens is 4. The minimum absolute atomic E-state index is 0.299. The molecule has 3 rings (SSSR count). The molecule has 0 saturated heterocycles. The van der Waals surface area contributed by atoms with Gasteiger partial charge in [-0.3, -0.25) is 4.79 Å². The molecule has 2 aromatic carbocycles. The number of carbonyl (C=O) groups is 1. The third-order valence-electron chi connectivity index (χ3n) is 4.71. The Kier molecular flexibility index (Phi) is 4.68. The smallest absolute Gasteiger partial charge is 0.333 e. The first-order valence-corrected chi connectivity index (χ1v) is 8.30. The van der Waals surface area contributed by atoms with Gasteiger partial charge in [-0.1, -0.05) is 35.9 Å². The zero-order chi connectivity index (χ0) is 18.9. The molecule has 0 aromatic heterocycles. The Morgan fingerprint density at radius 2 is 1.85 bits per heavy atom. The van der Waals surface area contributed by atoms with Crippen LogP contribution in [0.15, 0.2) is 48.5 Å². The maximum absolute atomic E-state index is 13.1. The highest BCUT2D eigenvalue weighted by atomic mass is 35.5. The number of rotatable bonds is 3. The molecule has 2 atom stereocenters. The van der Waals surface area contributed by atoms with Crippen LogP contribution >= 0.6 is 11.6 Å². The summed E-state index contributed by atoms with van der Waals surface area (Å²) < 4.78 is 39.4. The molecule has 3 nitrogen and oxygen atoms in total. The third kappa shape index (κ3) is 3.27. The van der Waals surface area contributed by atoms with Crippen molar-refractivity contribution in [1.29, 1.82) is 5.26 Å². The monoisotopic (exact) mass is 378 g/mol. The molecular formula is C19H14ClF3N2O. The fraction of sp³-hybridized carbons (Fsp3) is 0.263. The third-order valence-corrected chi connectivity index (χ3v) is 4.96. The summed E-state index contributed by atoms with van der Waals surface area (Å²) in [4.78, 5) is 12.5. The van der Waals surface area contributed by atoms with E-state index in [9.17, 15) is 23.2 Å². The van der Waals surface area contributed by atoms with E-state index in [0.717, 1.165) is 17.7 Å². The van der Waals surface area contributed by atoms with Gasteiger partial charge < -0.3 is 5.32 Å². The highest BCUT2D eigenvalue weighted by molar-refractivity contribution is 6.30. The highest BCUT2D eigenvalue weighted by Gasteiger charge is 2.50. The summed E-state index contributed by atoms with van der Waals surface area (Å²) >= 11 is 5.87. The zero-order valence-electron chi connectivity index (χ0n) is 13.5. The molecule has 0 unspecified atom stereocenters. The number of alkyl halides is 3. The summed E-state index contributed by atoms with van der Waals surface area (Å²) in [6.07, 6.45) is -3.63. The standard InChI is InChI=1S/C19H14ClF3N2O/c20-13-7-5-12(6-8-13)15-9-10-18(15,11-24)25-17(26)14-3-1-2-4-16(14)19(21,22)23/h1-8,15H,9-10H2,(H,25,26)/t15-,18-/m0/s1. The number of amides is 1. The lowest BCUT2D eigenvalue weighted by atomic mass is 9.64. The Morgan fingerprint density at radius 1 is 1.19 bits per heavy atom. The number of nitrogens with zero attached hydrogens (tertiary/aromatic N) is 1. The van der Waals surface area contributed by atoms with Gasteiger partial charge in [0.25, 0.3) is 5.91 Å². The molecule has 0 aliphatic heterocycles. The van der Waals surface area contributed by atoms with Crippen molar-refractivity contribution in [3.05, 3.63) is 70.2 Å². The van der Waals surface area contributed by atoms with Crippen LogP contribution in [0.3, 0.4) is 0 Å². The van der Waals surface area contributed by atoms with Gasteiger partial charge in [0.1, 0.15) is 5.54 Å². The van der Waals surface area contributed by atoms with E-state index in [2.05, 4.69) is 11.4 Å².